The van der Waals surface area contributed by atoms with Crippen molar-refractivity contribution in [2.24, 2.45) is 0 Å². The smallest absolute Gasteiger partial charge is 0.335 e. The Morgan fingerprint density at radius 2 is 1.90 bits per heavy atom. The monoisotopic (exact) mass is 434 g/mol. The molecule has 1 aromatic heterocycles. The lowest BCUT2D eigenvalue weighted by Crippen LogP contribution is -2.14. The third-order valence-corrected chi connectivity index (χ3v) is 4.91. The maximum atomic E-state index is 12.2. The Bertz CT molecular complexity index is 809. The first kappa shape index (κ1) is 15.9. The molecule has 21 heavy (non-hydrogen) atoms. The van der Waals surface area contributed by atoms with Crippen LogP contribution in [-0.2, 0) is 10.0 Å². The molecule has 0 radical (unpaired) electrons. The van der Waals surface area contributed by atoms with Gasteiger partial charge in [-0.15, -0.1) is 0 Å². The van der Waals surface area contributed by atoms with Crippen LogP contribution in [0.25, 0.3) is 0 Å². The van der Waals surface area contributed by atoms with Gasteiger partial charge in [0.25, 0.3) is 10.0 Å². The van der Waals surface area contributed by atoms with E-state index in [0.29, 0.717) is 8.95 Å². The number of nitrogens with one attached hydrogen (secondary N) is 1. The topological polar surface area (TPSA) is 96.4 Å². The molecule has 0 saturated carbocycles. The van der Waals surface area contributed by atoms with Crippen LogP contribution in [-0.4, -0.2) is 24.5 Å². The largest absolute Gasteiger partial charge is 0.478 e. The lowest BCUT2D eigenvalue weighted by molar-refractivity contribution is 0.0697. The van der Waals surface area contributed by atoms with Crippen molar-refractivity contribution in [3.8, 4) is 0 Å². The second kappa shape index (κ2) is 6.12. The van der Waals surface area contributed by atoms with E-state index in [9.17, 15) is 13.2 Å². The predicted molar refractivity (Wildman–Crippen MR) is 83.8 cm³/mol. The van der Waals surface area contributed by atoms with Gasteiger partial charge in [-0.2, -0.15) is 0 Å². The number of hydrogen-bond acceptors (Lipinski definition) is 4. The van der Waals surface area contributed by atoms with Gasteiger partial charge in [0, 0.05) is 21.3 Å². The van der Waals surface area contributed by atoms with Crippen molar-refractivity contribution < 1.29 is 18.3 Å². The molecule has 0 aliphatic heterocycles. The van der Waals surface area contributed by atoms with Crippen LogP contribution in [0.1, 0.15) is 10.4 Å². The highest BCUT2D eigenvalue weighted by Crippen LogP contribution is 2.26. The lowest BCUT2D eigenvalue weighted by atomic mass is 10.2. The van der Waals surface area contributed by atoms with Gasteiger partial charge in [0.15, 0.2) is 0 Å². The van der Waals surface area contributed by atoms with E-state index in [2.05, 4.69) is 41.6 Å². The highest BCUT2D eigenvalue weighted by Gasteiger charge is 2.17. The molecular weight excluding hydrogens is 428 g/mol. The Balaban J connectivity index is 2.41. The fourth-order valence-electron chi connectivity index (χ4n) is 1.48. The Hall–Kier alpha value is -1.45. The quantitative estimate of drug-likeness (QED) is 0.768. The molecular formula is C12H8Br2N2O4S. The van der Waals surface area contributed by atoms with Crippen molar-refractivity contribution in [2.45, 2.75) is 4.90 Å². The number of carbonyl (C=O) groups is 1. The van der Waals surface area contributed by atoms with Gasteiger partial charge in [0.2, 0.25) is 0 Å². The van der Waals surface area contributed by atoms with Crippen molar-refractivity contribution in [1.29, 1.82) is 0 Å². The number of aromatic carboxylic acids is 1. The maximum Gasteiger partial charge on any atom is 0.335 e. The number of rotatable bonds is 4. The molecule has 2 aromatic rings. The summed E-state index contributed by atoms with van der Waals surface area (Å²) in [7, 11) is -3.87. The number of sulfonamides is 1. The summed E-state index contributed by atoms with van der Waals surface area (Å²) in [6, 6.07) is 5.45. The number of carboxylic acid groups (broad SMARTS) is 1. The number of nitrogens with zero attached hydrogens (tertiary/aromatic N) is 1. The van der Waals surface area contributed by atoms with Crippen LogP contribution in [0.4, 0.5) is 5.69 Å². The maximum absolute atomic E-state index is 12.2. The van der Waals surface area contributed by atoms with Crippen LogP contribution in [0, 0.1) is 0 Å². The molecule has 0 aliphatic rings. The Morgan fingerprint density at radius 3 is 2.52 bits per heavy atom. The summed E-state index contributed by atoms with van der Waals surface area (Å²) in [5, 5.41) is 8.94. The third-order valence-electron chi connectivity index (χ3n) is 2.45. The summed E-state index contributed by atoms with van der Waals surface area (Å²) >= 11 is 6.32. The minimum atomic E-state index is -3.87. The molecule has 0 bridgehead atoms. The fourth-order valence-corrected chi connectivity index (χ4v) is 3.53. The highest BCUT2D eigenvalue weighted by atomic mass is 79.9. The number of hydrogen-bond donors (Lipinski definition) is 2. The number of pyridine rings is 1. The van der Waals surface area contributed by atoms with E-state index in [1.54, 1.807) is 0 Å². The molecule has 0 fully saturated rings. The van der Waals surface area contributed by atoms with E-state index in [-0.39, 0.29) is 16.1 Å². The van der Waals surface area contributed by atoms with E-state index in [0.717, 1.165) is 0 Å². The zero-order chi connectivity index (χ0) is 15.6. The van der Waals surface area contributed by atoms with Crippen molar-refractivity contribution in [2.75, 3.05) is 4.72 Å². The normalized spacial score (nSPS) is 11.1. The highest BCUT2D eigenvalue weighted by molar-refractivity contribution is 9.10. The first-order chi connectivity index (χ1) is 9.79. The standard InChI is InChI=1S/C12H8Br2N2O4S/c13-8-4-9(6-15-5-8)21(19,20)16-11-3-7(12(17)18)1-2-10(11)14/h1-6,16H,(H,17,18). The minimum absolute atomic E-state index is 0.0248. The Labute approximate surface area is 137 Å². The van der Waals surface area contributed by atoms with E-state index >= 15 is 0 Å². The molecule has 0 amide bonds. The zero-order valence-corrected chi connectivity index (χ0v) is 14.2. The summed E-state index contributed by atoms with van der Waals surface area (Å²) in [5.74, 6) is -1.15. The molecule has 2 N–H and O–H groups in total. The average Bonchev–Trinajstić information content (AvgIpc) is 2.41. The van der Waals surface area contributed by atoms with Crippen molar-refractivity contribution in [1.82, 2.24) is 4.98 Å². The summed E-state index contributed by atoms with van der Waals surface area (Å²) in [6.07, 6.45) is 2.65. The van der Waals surface area contributed by atoms with Gasteiger partial charge < -0.3 is 5.11 Å². The Morgan fingerprint density at radius 1 is 1.19 bits per heavy atom. The van der Waals surface area contributed by atoms with Crippen LogP contribution < -0.4 is 4.72 Å². The van der Waals surface area contributed by atoms with Crippen LogP contribution >= 0.6 is 31.9 Å². The minimum Gasteiger partial charge on any atom is -0.478 e. The van der Waals surface area contributed by atoms with Crippen LogP contribution in [0.3, 0.4) is 0 Å². The summed E-state index contributed by atoms with van der Waals surface area (Å²) in [4.78, 5) is 14.7. The average molecular weight is 436 g/mol. The van der Waals surface area contributed by atoms with Crippen LogP contribution in [0.5, 0.6) is 0 Å². The molecule has 1 heterocycles. The SMILES string of the molecule is O=C(O)c1ccc(Br)c(NS(=O)(=O)c2cncc(Br)c2)c1. The number of benzene rings is 1. The fraction of sp³-hybridized carbons (Fsp3) is 0. The molecule has 0 atom stereocenters. The summed E-state index contributed by atoms with van der Waals surface area (Å²) < 4.78 is 27.8. The molecule has 0 saturated heterocycles. The summed E-state index contributed by atoms with van der Waals surface area (Å²) in [5.41, 5.74) is 0.109. The first-order valence-electron chi connectivity index (χ1n) is 5.46. The van der Waals surface area contributed by atoms with Crippen molar-refractivity contribution in [3.63, 3.8) is 0 Å². The van der Waals surface area contributed by atoms with Crippen molar-refractivity contribution >= 4 is 53.5 Å². The zero-order valence-electron chi connectivity index (χ0n) is 10.2. The number of halogens is 2. The molecule has 2 rings (SSSR count). The molecule has 9 heteroatoms. The molecule has 6 nitrogen and oxygen atoms in total. The molecule has 0 spiro atoms. The lowest BCUT2D eigenvalue weighted by Gasteiger charge is -2.10. The summed E-state index contributed by atoms with van der Waals surface area (Å²) in [6.45, 7) is 0. The van der Waals surface area contributed by atoms with Gasteiger partial charge in [0.05, 0.1) is 11.3 Å². The third kappa shape index (κ3) is 3.80. The van der Waals surface area contributed by atoms with Crippen molar-refractivity contribution in [3.05, 3.63) is 51.2 Å². The van der Waals surface area contributed by atoms with Gasteiger partial charge in [-0.05, 0) is 56.1 Å². The van der Waals surface area contributed by atoms with E-state index in [4.69, 9.17) is 5.11 Å². The number of anilines is 1. The van der Waals surface area contributed by atoms with Crippen LogP contribution in [0.15, 0.2) is 50.5 Å². The van der Waals surface area contributed by atoms with E-state index < -0.39 is 16.0 Å². The van der Waals surface area contributed by atoms with E-state index in [1.165, 1.54) is 36.7 Å². The van der Waals surface area contributed by atoms with Crippen LogP contribution in [0.2, 0.25) is 0 Å². The first-order valence-corrected chi connectivity index (χ1v) is 8.53. The molecule has 0 unspecified atom stereocenters. The van der Waals surface area contributed by atoms with Gasteiger partial charge >= 0.3 is 5.97 Å². The van der Waals surface area contributed by atoms with Gasteiger partial charge in [0.1, 0.15) is 4.90 Å². The van der Waals surface area contributed by atoms with Gasteiger partial charge in [-0.25, -0.2) is 13.2 Å². The Kier molecular flexibility index (Phi) is 4.64. The van der Waals surface area contributed by atoms with Gasteiger partial charge in [-0.3, -0.25) is 9.71 Å². The number of carboxylic acids is 1. The molecule has 1 aromatic carbocycles. The second-order valence-corrected chi connectivity index (χ2v) is 7.40. The number of aromatic nitrogens is 1. The molecule has 0 aliphatic carbocycles. The second-order valence-electron chi connectivity index (χ2n) is 3.94. The van der Waals surface area contributed by atoms with E-state index in [1.807, 2.05) is 0 Å². The van der Waals surface area contributed by atoms with Gasteiger partial charge in [-0.1, -0.05) is 0 Å². The predicted octanol–water partition coefficient (Wildman–Crippen LogP) is 3.11. The molecule has 110 valence electrons.